The van der Waals surface area contributed by atoms with Gasteiger partial charge in [0.2, 0.25) is 0 Å². The lowest BCUT2D eigenvalue weighted by Gasteiger charge is -2.15. The molecule has 1 aliphatic carbocycles. The van der Waals surface area contributed by atoms with Crippen molar-refractivity contribution in [2.45, 2.75) is 60.0 Å². The predicted molar refractivity (Wildman–Crippen MR) is 142 cm³/mol. The summed E-state index contributed by atoms with van der Waals surface area (Å²) in [4.78, 5) is 12.4. The van der Waals surface area contributed by atoms with Gasteiger partial charge < -0.3 is 9.88 Å². The fourth-order valence-corrected chi connectivity index (χ4v) is 4.53. The van der Waals surface area contributed by atoms with Crippen LogP contribution in [0.25, 0.3) is 10.9 Å². The summed E-state index contributed by atoms with van der Waals surface area (Å²) in [6.07, 6.45) is 2.66. The molecule has 2 aromatic carbocycles. The van der Waals surface area contributed by atoms with E-state index < -0.39 is 0 Å². The van der Waals surface area contributed by atoms with Gasteiger partial charge >= 0.3 is 0 Å². The molecule has 0 aliphatic heterocycles. The van der Waals surface area contributed by atoms with E-state index >= 15 is 0 Å². The summed E-state index contributed by atoms with van der Waals surface area (Å²) < 4.78 is 4.25. The topological polar surface area (TPSA) is 51.9 Å². The zero-order chi connectivity index (χ0) is 24.7. The van der Waals surface area contributed by atoms with Crippen LogP contribution in [0.4, 0.5) is 0 Å². The number of aromatic nitrogens is 3. The summed E-state index contributed by atoms with van der Waals surface area (Å²) in [6, 6.07) is 18.8. The van der Waals surface area contributed by atoms with E-state index in [-0.39, 0.29) is 0 Å². The van der Waals surface area contributed by atoms with Crippen LogP contribution in [0.15, 0.2) is 54.6 Å². The van der Waals surface area contributed by atoms with Gasteiger partial charge in [-0.15, -0.1) is 0 Å². The number of rotatable bonds is 4. The molecule has 4 aromatic rings. The van der Waals surface area contributed by atoms with Crippen LogP contribution >= 0.6 is 0 Å². The van der Waals surface area contributed by atoms with E-state index in [0.29, 0.717) is 12.2 Å². The van der Waals surface area contributed by atoms with Crippen molar-refractivity contribution < 1.29 is 4.79 Å². The lowest BCUT2D eigenvalue weighted by atomic mass is 9.94. The highest BCUT2D eigenvalue weighted by molar-refractivity contribution is 6.10. The number of fused-ring (bicyclic) bond motifs is 3. The molecule has 5 nitrogen and oxygen atoms in total. The smallest absolute Gasteiger partial charge is 0.165 e. The molecule has 0 fully saturated rings. The quantitative estimate of drug-likeness (QED) is 0.409. The highest BCUT2D eigenvalue weighted by Crippen LogP contribution is 2.32. The third-order valence-electron chi connectivity index (χ3n) is 6.43. The molecule has 2 heterocycles. The van der Waals surface area contributed by atoms with Gasteiger partial charge in [-0.1, -0.05) is 62.4 Å². The van der Waals surface area contributed by atoms with Gasteiger partial charge in [-0.05, 0) is 50.9 Å². The van der Waals surface area contributed by atoms with E-state index in [0.717, 1.165) is 42.6 Å². The van der Waals surface area contributed by atoms with E-state index in [2.05, 4.69) is 71.3 Å². The minimum absolute atomic E-state index is 0.305. The van der Waals surface area contributed by atoms with Crippen molar-refractivity contribution in [3.05, 3.63) is 88.4 Å². The molecular formula is C29H38N4O. The third kappa shape index (κ3) is 5.31. The Morgan fingerprint density at radius 2 is 1.65 bits per heavy atom. The largest absolute Gasteiger partial charge is 0.339 e. The summed E-state index contributed by atoms with van der Waals surface area (Å²) in [6.45, 7) is 9.88. The van der Waals surface area contributed by atoms with Gasteiger partial charge in [-0.25, -0.2) is 0 Å². The fraction of sp³-hybridized carbons (Fsp3) is 0.379. The zero-order valence-electron chi connectivity index (χ0n) is 21.5. The molecule has 0 amide bonds. The Bertz CT molecular complexity index is 1230. The summed E-state index contributed by atoms with van der Waals surface area (Å²) in [5, 5.41) is 8.56. The lowest BCUT2D eigenvalue weighted by molar-refractivity contribution is 0.0973. The third-order valence-corrected chi connectivity index (χ3v) is 6.43. The van der Waals surface area contributed by atoms with Crippen LogP contribution in [-0.4, -0.2) is 27.2 Å². The molecule has 180 valence electrons. The van der Waals surface area contributed by atoms with Crippen LogP contribution in [-0.2, 0) is 26.6 Å². The normalized spacial score (nSPS) is 12.5. The maximum absolute atomic E-state index is 12.4. The molecule has 0 spiro atoms. The average Bonchev–Trinajstić information content (AvgIpc) is 3.31. The number of benzene rings is 2. The van der Waals surface area contributed by atoms with Crippen LogP contribution in [0, 0.1) is 13.8 Å². The molecule has 0 bridgehead atoms. The summed E-state index contributed by atoms with van der Waals surface area (Å²) in [7, 11) is 3.91. The standard InChI is InChI=1S/C19H17NO.C8H15N3.C2H6/c21-18-12-6-11-17-19(18)15-9-4-5-10-16(15)20(17)13-14-7-2-1-3-8-14;1-6-7(2)11(4)10-8(6)5-9-3;1-2/h1-5,7-10H,6,11-13H2;9H,5H2,1-4H3;1-2H3. The number of nitrogens with zero attached hydrogens (tertiary/aromatic N) is 3. The maximum atomic E-state index is 12.4. The first-order valence-electron chi connectivity index (χ1n) is 12.3. The molecule has 0 unspecified atom stereocenters. The molecule has 0 saturated carbocycles. The first-order chi connectivity index (χ1) is 16.5. The van der Waals surface area contributed by atoms with Crippen LogP contribution < -0.4 is 5.32 Å². The van der Waals surface area contributed by atoms with Gasteiger partial charge in [0.15, 0.2) is 5.78 Å². The van der Waals surface area contributed by atoms with Gasteiger partial charge in [-0.2, -0.15) is 5.10 Å². The lowest BCUT2D eigenvalue weighted by Crippen LogP contribution is -2.13. The Morgan fingerprint density at radius 3 is 2.29 bits per heavy atom. The van der Waals surface area contributed by atoms with Gasteiger partial charge in [-0.3, -0.25) is 9.48 Å². The number of hydrogen-bond acceptors (Lipinski definition) is 3. The van der Waals surface area contributed by atoms with Gasteiger partial charge in [0.05, 0.1) is 5.69 Å². The number of ketones is 1. The number of nitrogens with one attached hydrogen (secondary N) is 1. The second-order valence-electron chi connectivity index (χ2n) is 8.50. The molecule has 0 radical (unpaired) electrons. The Hall–Kier alpha value is -3.18. The number of carbonyl (C=O) groups is 1. The van der Waals surface area contributed by atoms with Crippen LogP contribution in [0.2, 0.25) is 0 Å². The van der Waals surface area contributed by atoms with Gasteiger partial charge in [0.25, 0.3) is 0 Å². The van der Waals surface area contributed by atoms with Crippen molar-refractivity contribution >= 4 is 16.7 Å². The highest BCUT2D eigenvalue weighted by Gasteiger charge is 2.25. The van der Waals surface area contributed by atoms with Crippen LogP contribution in [0.5, 0.6) is 0 Å². The Kier molecular flexibility index (Phi) is 8.83. The monoisotopic (exact) mass is 458 g/mol. The molecule has 2 aromatic heterocycles. The molecule has 1 N–H and O–H groups in total. The molecule has 5 rings (SSSR count). The first-order valence-corrected chi connectivity index (χ1v) is 12.3. The maximum Gasteiger partial charge on any atom is 0.165 e. The Labute approximate surface area is 203 Å². The number of carbonyl (C=O) groups excluding carboxylic acids is 1. The second kappa shape index (κ2) is 11.8. The predicted octanol–water partition coefficient (Wildman–Crippen LogP) is 5.99. The Balaban J connectivity index is 0.000000212. The van der Waals surface area contributed by atoms with E-state index in [1.165, 1.54) is 28.0 Å². The van der Waals surface area contributed by atoms with Crippen molar-refractivity contribution in [2.75, 3.05) is 7.05 Å². The number of para-hydroxylation sites is 1. The zero-order valence-corrected chi connectivity index (χ0v) is 21.5. The average molecular weight is 459 g/mol. The fourth-order valence-electron chi connectivity index (χ4n) is 4.53. The van der Waals surface area contributed by atoms with Crippen molar-refractivity contribution in [2.24, 2.45) is 7.05 Å². The molecular weight excluding hydrogens is 420 g/mol. The van der Waals surface area contributed by atoms with Gasteiger partial charge in [0, 0.05) is 54.4 Å². The highest BCUT2D eigenvalue weighted by atomic mass is 16.1. The van der Waals surface area contributed by atoms with E-state index in [4.69, 9.17) is 0 Å². The van der Waals surface area contributed by atoms with Gasteiger partial charge in [0.1, 0.15) is 0 Å². The summed E-state index contributed by atoms with van der Waals surface area (Å²) in [5.41, 5.74) is 8.33. The van der Waals surface area contributed by atoms with Crippen molar-refractivity contribution in [3.63, 3.8) is 0 Å². The molecule has 0 atom stereocenters. The van der Waals surface area contributed by atoms with Crippen molar-refractivity contribution in [1.82, 2.24) is 19.7 Å². The summed E-state index contributed by atoms with van der Waals surface area (Å²) >= 11 is 0. The van der Waals surface area contributed by atoms with E-state index in [1.54, 1.807) is 0 Å². The minimum atomic E-state index is 0.305. The molecule has 5 heteroatoms. The number of Topliss-reactive ketones (excluding diaryl/α,β-unsaturated/α-hetero) is 1. The Morgan fingerprint density at radius 1 is 0.971 bits per heavy atom. The van der Waals surface area contributed by atoms with Crippen molar-refractivity contribution in [3.8, 4) is 0 Å². The molecule has 34 heavy (non-hydrogen) atoms. The molecule has 0 saturated heterocycles. The van der Waals surface area contributed by atoms with E-state index in [9.17, 15) is 4.79 Å². The number of aryl methyl sites for hydroxylation is 1. The minimum Gasteiger partial charge on any atom is -0.339 e. The van der Waals surface area contributed by atoms with E-state index in [1.807, 2.05) is 44.8 Å². The summed E-state index contributed by atoms with van der Waals surface area (Å²) in [5.74, 6) is 0.305. The number of hydrogen-bond donors (Lipinski definition) is 1. The van der Waals surface area contributed by atoms with Crippen molar-refractivity contribution in [1.29, 1.82) is 0 Å². The SMILES string of the molecule is CC.CNCc1nn(C)c(C)c1C.O=C1CCCc2c1c1ccccc1n2Cc1ccccc1. The van der Waals surface area contributed by atoms with Crippen LogP contribution in [0.1, 0.15) is 65.3 Å². The molecule has 1 aliphatic rings. The first kappa shape index (κ1) is 25.4. The second-order valence-corrected chi connectivity index (χ2v) is 8.50. The van der Waals surface area contributed by atoms with Crippen LogP contribution in [0.3, 0.4) is 0 Å².